The van der Waals surface area contributed by atoms with Crippen LogP contribution < -0.4 is 5.73 Å². The van der Waals surface area contributed by atoms with Gasteiger partial charge in [0.05, 0.1) is 5.56 Å². The predicted molar refractivity (Wildman–Crippen MR) is 66.1 cm³/mol. The van der Waals surface area contributed by atoms with E-state index in [1.165, 1.54) is 6.07 Å². The quantitative estimate of drug-likeness (QED) is 0.585. The molecule has 2 nitrogen and oxygen atoms in total. The number of nitrogens with two attached hydrogens (primary N) is 1. The summed E-state index contributed by atoms with van der Waals surface area (Å²) in [4.78, 5) is 3.82. The monoisotopic (exact) mass is 262 g/mol. The van der Waals surface area contributed by atoms with E-state index in [2.05, 4.69) is 16.8 Å². The summed E-state index contributed by atoms with van der Waals surface area (Å²) in [5.41, 5.74) is 5.58. The average Bonchev–Trinajstić information content (AvgIpc) is 2.36. The lowest BCUT2D eigenvalue weighted by Gasteiger charge is -2.07. The van der Waals surface area contributed by atoms with Crippen molar-refractivity contribution in [1.29, 1.82) is 0 Å². The van der Waals surface area contributed by atoms with Crippen LogP contribution in [0.5, 0.6) is 0 Å². The van der Waals surface area contributed by atoms with Gasteiger partial charge in [-0.3, -0.25) is 4.98 Å². The number of benzene rings is 1. The number of rotatable bonds is 0. The maximum absolute atomic E-state index is 12.6. The zero-order chi connectivity index (χ0) is 13.9. The summed E-state index contributed by atoms with van der Waals surface area (Å²) in [5, 5.41) is 0. The topological polar surface area (TPSA) is 38.9 Å². The van der Waals surface area contributed by atoms with Crippen LogP contribution in [-0.4, -0.2) is 4.98 Å². The van der Waals surface area contributed by atoms with Crippen molar-refractivity contribution in [3.8, 4) is 11.8 Å². The number of aromatic nitrogens is 1. The Morgan fingerprint density at radius 2 is 1.58 bits per heavy atom. The van der Waals surface area contributed by atoms with Gasteiger partial charge in [-0.15, -0.1) is 0 Å². The third-order valence-corrected chi connectivity index (χ3v) is 2.31. The molecular formula is C14H9F3N2. The highest BCUT2D eigenvalue weighted by atomic mass is 19.4. The number of halogens is 3. The molecule has 0 amide bonds. The van der Waals surface area contributed by atoms with Gasteiger partial charge in [-0.25, -0.2) is 0 Å². The van der Waals surface area contributed by atoms with E-state index < -0.39 is 11.7 Å². The van der Waals surface area contributed by atoms with Gasteiger partial charge in [-0.1, -0.05) is 11.8 Å². The fraction of sp³-hybridized carbons (Fsp3) is 0.0714. The SMILES string of the molecule is Nc1cc(C#Cc2ccncc2)cc(C(F)(F)F)c1. The lowest BCUT2D eigenvalue weighted by atomic mass is 10.1. The van der Waals surface area contributed by atoms with Crippen molar-refractivity contribution in [2.45, 2.75) is 6.18 Å². The second-order valence-corrected chi connectivity index (χ2v) is 3.83. The molecule has 1 heterocycles. The molecule has 19 heavy (non-hydrogen) atoms. The number of anilines is 1. The first-order valence-corrected chi connectivity index (χ1v) is 5.35. The minimum Gasteiger partial charge on any atom is -0.399 e. The minimum atomic E-state index is -4.43. The molecule has 0 fully saturated rings. The van der Waals surface area contributed by atoms with Gasteiger partial charge in [0, 0.05) is 29.2 Å². The summed E-state index contributed by atoms with van der Waals surface area (Å²) in [6, 6.07) is 6.61. The van der Waals surface area contributed by atoms with Crippen molar-refractivity contribution in [3.63, 3.8) is 0 Å². The van der Waals surface area contributed by atoms with Gasteiger partial charge in [0.25, 0.3) is 0 Å². The molecule has 0 aliphatic rings. The normalized spacial score (nSPS) is 10.7. The number of nitrogen functional groups attached to an aromatic ring is 1. The molecule has 1 aromatic carbocycles. The van der Waals surface area contributed by atoms with Gasteiger partial charge >= 0.3 is 6.18 Å². The maximum Gasteiger partial charge on any atom is 0.416 e. The Hall–Kier alpha value is -2.48. The third-order valence-electron chi connectivity index (χ3n) is 2.31. The zero-order valence-corrected chi connectivity index (χ0v) is 9.70. The molecule has 2 rings (SSSR count). The van der Waals surface area contributed by atoms with E-state index in [1.807, 2.05) is 0 Å². The van der Waals surface area contributed by atoms with Crippen LogP contribution in [0.25, 0.3) is 0 Å². The number of pyridine rings is 1. The predicted octanol–water partition coefficient (Wildman–Crippen LogP) is 3.08. The van der Waals surface area contributed by atoms with Crippen LogP contribution >= 0.6 is 0 Å². The molecule has 96 valence electrons. The molecular weight excluding hydrogens is 253 g/mol. The van der Waals surface area contributed by atoms with Crippen molar-refractivity contribution in [3.05, 3.63) is 59.4 Å². The van der Waals surface area contributed by atoms with Gasteiger partial charge in [-0.05, 0) is 30.3 Å². The smallest absolute Gasteiger partial charge is 0.399 e. The van der Waals surface area contributed by atoms with E-state index in [0.29, 0.717) is 5.56 Å². The molecule has 0 atom stereocenters. The fourth-order valence-corrected chi connectivity index (χ4v) is 1.47. The molecule has 2 aromatic rings. The van der Waals surface area contributed by atoms with E-state index in [0.717, 1.165) is 12.1 Å². The number of alkyl halides is 3. The molecule has 2 N–H and O–H groups in total. The molecule has 0 radical (unpaired) electrons. The Morgan fingerprint density at radius 3 is 2.21 bits per heavy atom. The highest BCUT2D eigenvalue weighted by molar-refractivity contribution is 5.52. The van der Waals surface area contributed by atoms with Crippen molar-refractivity contribution in [2.24, 2.45) is 0 Å². The van der Waals surface area contributed by atoms with Crippen LogP contribution in [-0.2, 0) is 6.18 Å². The van der Waals surface area contributed by atoms with E-state index >= 15 is 0 Å². The van der Waals surface area contributed by atoms with Crippen LogP contribution in [0.3, 0.4) is 0 Å². The van der Waals surface area contributed by atoms with Crippen LogP contribution in [0, 0.1) is 11.8 Å². The molecule has 0 saturated carbocycles. The van der Waals surface area contributed by atoms with E-state index in [-0.39, 0.29) is 11.3 Å². The van der Waals surface area contributed by atoms with Crippen LogP contribution in [0.1, 0.15) is 16.7 Å². The second-order valence-electron chi connectivity index (χ2n) is 3.83. The van der Waals surface area contributed by atoms with E-state index in [1.54, 1.807) is 24.5 Å². The molecule has 5 heteroatoms. The lowest BCUT2D eigenvalue weighted by Crippen LogP contribution is -2.06. The Morgan fingerprint density at radius 1 is 0.947 bits per heavy atom. The first-order valence-electron chi connectivity index (χ1n) is 5.35. The highest BCUT2D eigenvalue weighted by Crippen LogP contribution is 2.31. The fourth-order valence-electron chi connectivity index (χ4n) is 1.47. The first kappa shape index (κ1) is 13.0. The number of hydrogen-bond acceptors (Lipinski definition) is 2. The van der Waals surface area contributed by atoms with Gasteiger partial charge in [0.2, 0.25) is 0 Å². The van der Waals surface area contributed by atoms with Gasteiger partial charge in [0.1, 0.15) is 0 Å². The maximum atomic E-state index is 12.6. The molecule has 0 aliphatic heterocycles. The van der Waals surface area contributed by atoms with E-state index in [9.17, 15) is 13.2 Å². The molecule has 0 aliphatic carbocycles. The first-order chi connectivity index (χ1) is 8.95. The largest absolute Gasteiger partial charge is 0.416 e. The summed E-state index contributed by atoms with van der Waals surface area (Å²) in [7, 11) is 0. The molecule has 0 unspecified atom stereocenters. The van der Waals surface area contributed by atoms with Gasteiger partial charge in [-0.2, -0.15) is 13.2 Å². The van der Waals surface area contributed by atoms with Crippen molar-refractivity contribution < 1.29 is 13.2 Å². The summed E-state index contributed by atoms with van der Waals surface area (Å²) < 4.78 is 37.8. The lowest BCUT2D eigenvalue weighted by molar-refractivity contribution is -0.137. The summed E-state index contributed by atoms with van der Waals surface area (Å²) in [5.74, 6) is 5.41. The second kappa shape index (κ2) is 5.02. The van der Waals surface area contributed by atoms with Crippen molar-refractivity contribution in [1.82, 2.24) is 4.98 Å². The summed E-state index contributed by atoms with van der Waals surface area (Å²) in [6.45, 7) is 0. The highest BCUT2D eigenvalue weighted by Gasteiger charge is 2.30. The van der Waals surface area contributed by atoms with Crippen molar-refractivity contribution >= 4 is 5.69 Å². The Bertz CT molecular complexity index is 637. The van der Waals surface area contributed by atoms with Crippen LogP contribution in [0.4, 0.5) is 18.9 Å². The van der Waals surface area contributed by atoms with Gasteiger partial charge in [0.15, 0.2) is 0 Å². The Labute approximate surface area is 108 Å². The van der Waals surface area contributed by atoms with Crippen LogP contribution in [0.15, 0.2) is 42.7 Å². The molecule has 1 aromatic heterocycles. The molecule has 0 bridgehead atoms. The Balaban J connectivity index is 2.37. The summed E-state index contributed by atoms with van der Waals surface area (Å²) in [6.07, 6.45) is -1.31. The number of hydrogen-bond donors (Lipinski definition) is 1. The standard InChI is InChI=1S/C14H9F3N2/c15-14(16,17)12-7-11(8-13(18)9-12)2-1-10-3-5-19-6-4-10/h3-9H,18H2. The molecule has 0 spiro atoms. The average molecular weight is 262 g/mol. The third kappa shape index (κ3) is 3.49. The number of nitrogens with zero attached hydrogens (tertiary/aromatic N) is 1. The van der Waals surface area contributed by atoms with Crippen LogP contribution in [0.2, 0.25) is 0 Å². The van der Waals surface area contributed by atoms with E-state index in [4.69, 9.17) is 5.73 Å². The molecule has 0 saturated heterocycles. The van der Waals surface area contributed by atoms with Crippen molar-refractivity contribution in [2.75, 3.05) is 5.73 Å². The summed E-state index contributed by atoms with van der Waals surface area (Å²) >= 11 is 0. The van der Waals surface area contributed by atoms with Gasteiger partial charge < -0.3 is 5.73 Å². The minimum absolute atomic E-state index is 0.0360. The Kier molecular flexibility index (Phi) is 3.43. The zero-order valence-electron chi connectivity index (χ0n) is 9.70.